The fraction of sp³-hybridized carbons (Fsp3) is 0.375. The van der Waals surface area contributed by atoms with Crippen molar-refractivity contribution in [3.05, 3.63) is 22.7 Å². The summed E-state index contributed by atoms with van der Waals surface area (Å²) in [5.41, 5.74) is 0.760. The summed E-state index contributed by atoms with van der Waals surface area (Å²) in [4.78, 5) is 11.8. The normalized spacial score (nSPS) is 10.6. The zero-order chi connectivity index (χ0) is 11.5. The molecule has 0 spiro atoms. The second kappa shape index (κ2) is 4.52. The molecule has 0 saturated heterocycles. The van der Waals surface area contributed by atoms with Gasteiger partial charge in [0.25, 0.3) is 0 Å². The molecule has 0 aliphatic carbocycles. The molecule has 0 aliphatic rings. The van der Waals surface area contributed by atoms with Crippen LogP contribution >= 0.6 is 15.9 Å². The first-order valence-corrected chi connectivity index (χ1v) is 5.54. The van der Waals surface area contributed by atoms with Crippen LogP contribution in [0.5, 0.6) is 0 Å². The highest BCUT2D eigenvalue weighted by Crippen LogP contribution is 2.15. The molecule has 0 atom stereocenters. The maximum Gasteiger partial charge on any atom is 0.373 e. The lowest BCUT2D eigenvalue weighted by atomic mass is 10.3. The summed E-state index contributed by atoms with van der Waals surface area (Å²) in [5.74, 6) is 0. The van der Waals surface area contributed by atoms with Crippen molar-refractivity contribution in [3.63, 3.8) is 0 Å². The first kappa shape index (κ1) is 10.9. The zero-order valence-corrected chi connectivity index (χ0v) is 10.1. The number of hydrogen-bond donors (Lipinski definition) is 0. The van der Waals surface area contributed by atoms with Gasteiger partial charge in [-0.05, 0) is 22.4 Å². The summed E-state index contributed by atoms with van der Waals surface area (Å²) in [5, 5.41) is 14.8. The van der Waals surface area contributed by atoms with E-state index < -0.39 is 6.03 Å². The third kappa shape index (κ3) is 1.87. The van der Waals surface area contributed by atoms with Crippen LogP contribution in [0.15, 0.2) is 17.0 Å². The molecular weight excluding hydrogens is 276 g/mol. The molecule has 2 aromatic rings. The molecule has 0 radical (unpaired) electrons. The van der Waals surface area contributed by atoms with Gasteiger partial charge >= 0.3 is 6.03 Å². The van der Waals surface area contributed by atoms with Gasteiger partial charge < -0.3 is 0 Å². The van der Waals surface area contributed by atoms with Gasteiger partial charge in [-0.1, -0.05) is 23.8 Å². The van der Waals surface area contributed by atoms with Crippen molar-refractivity contribution in [2.75, 3.05) is 0 Å². The summed E-state index contributed by atoms with van der Waals surface area (Å²) in [6, 6.07) is -0.417. The van der Waals surface area contributed by atoms with Gasteiger partial charge in [-0.3, -0.25) is 0 Å². The van der Waals surface area contributed by atoms with E-state index in [0.717, 1.165) is 27.9 Å². The molecule has 16 heavy (non-hydrogen) atoms. The molecule has 0 aromatic carbocycles. The fourth-order valence-corrected chi connectivity index (χ4v) is 1.72. The predicted molar refractivity (Wildman–Crippen MR) is 57.9 cm³/mol. The molecule has 0 unspecified atom stereocenters. The number of carbonyl (C=O) groups excluding carboxylic acids is 1. The summed E-state index contributed by atoms with van der Waals surface area (Å²) in [6.45, 7) is 2.03. The van der Waals surface area contributed by atoms with E-state index in [-0.39, 0.29) is 0 Å². The summed E-state index contributed by atoms with van der Waals surface area (Å²) in [7, 11) is 0. The minimum Gasteiger partial charge on any atom is -0.243 e. The highest BCUT2D eigenvalue weighted by molar-refractivity contribution is 9.10. The van der Waals surface area contributed by atoms with Gasteiger partial charge in [0.05, 0.1) is 18.1 Å². The average Bonchev–Trinajstić information content (AvgIpc) is 2.89. The Hall–Kier alpha value is -1.57. The molecule has 8 heteroatoms. The molecule has 84 valence electrons. The van der Waals surface area contributed by atoms with E-state index in [1.807, 2.05) is 6.92 Å². The van der Waals surface area contributed by atoms with Crippen LogP contribution in [-0.2, 0) is 6.42 Å². The number of aromatic nitrogens is 6. The van der Waals surface area contributed by atoms with Gasteiger partial charge in [-0.2, -0.15) is 9.36 Å². The van der Waals surface area contributed by atoms with Crippen LogP contribution in [0, 0.1) is 0 Å². The Balaban J connectivity index is 2.31. The first-order chi connectivity index (χ1) is 7.74. The van der Waals surface area contributed by atoms with Gasteiger partial charge in [-0.25, -0.2) is 4.79 Å². The number of nitrogens with zero attached hydrogens (tertiary/aromatic N) is 6. The Labute approximate surface area is 99.6 Å². The van der Waals surface area contributed by atoms with E-state index in [2.05, 4.69) is 36.6 Å². The van der Waals surface area contributed by atoms with Gasteiger partial charge in [-0.15, -0.1) is 10.2 Å². The number of hydrogen-bond acceptors (Lipinski definition) is 5. The quantitative estimate of drug-likeness (QED) is 0.825. The van der Waals surface area contributed by atoms with E-state index in [4.69, 9.17) is 0 Å². The van der Waals surface area contributed by atoms with Crippen molar-refractivity contribution >= 4 is 22.0 Å². The fourth-order valence-electron chi connectivity index (χ4n) is 1.22. The van der Waals surface area contributed by atoms with E-state index in [9.17, 15) is 4.79 Å². The van der Waals surface area contributed by atoms with Gasteiger partial charge in [0.2, 0.25) is 0 Å². The van der Waals surface area contributed by atoms with Crippen LogP contribution in [0.3, 0.4) is 0 Å². The third-order valence-corrected chi connectivity index (χ3v) is 2.76. The average molecular weight is 285 g/mol. The third-order valence-electron chi connectivity index (χ3n) is 1.97. The van der Waals surface area contributed by atoms with Crippen LogP contribution in [0.2, 0.25) is 0 Å². The summed E-state index contributed by atoms with van der Waals surface area (Å²) >= 11 is 3.29. The lowest BCUT2D eigenvalue weighted by molar-refractivity contribution is 0.236. The van der Waals surface area contributed by atoms with Crippen molar-refractivity contribution in [1.29, 1.82) is 0 Å². The second-order valence-corrected chi connectivity index (χ2v) is 3.87. The highest BCUT2D eigenvalue weighted by Gasteiger charge is 2.17. The Morgan fingerprint density at radius 1 is 1.50 bits per heavy atom. The van der Waals surface area contributed by atoms with Crippen LogP contribution in [0.4, 0.5) is 4.79 Å². The van der Waals surface area contributed by atoms with Crippen LogP contribution in [0.25, 0.3) is 0 Å². The number of carbonyl (C=O) groups is 1. The number of halogens is 1. The van der Waals surface area contributed by atoms with Gasteiger partial charge in [0.1, 0.15) is 4.60 Å². The Morgan fingerprint density at radius 2 is 2.31 bits per heavy atom. The molecule has 0 amide bonds. The lowest BCUT2D eigenvalue weighted by Gasteiger charge is -1.99. The van der Waals surface area contributed by atoms with Crippen molar-refractivity contribution in [2.45, 2.75) is 19.8 Å². The predicted octanol–water partition coefficient (Wildman–Crippen LogP) is 1.10. The van der Waals surface area contributed by atoms with Crippen LogP contribution in [0.1, 0.15) is 19.0 Å². The van der Waals surface area contributed by atoms with Gasteiger partial charge in [0, 0.05) is 0 Å². The van der Waals surface area contributed by atoms with Crippen molar-refractivity contribution < 1.29 is 4.79 Å². The number of aryl methyl sites for hydroxylation is 1. The molecule has 2 rings (SSSR count). The van der Waals surface area contributed by atoms with Crippen molar-refractivity contribution in [3.8, 4) is 0 Å². The number of rotatable bonds is 2. The second-order valence-electron chi connectivity index (χ2n) is 3.12. The first-order valence-electron chi connectivity index (χ1n) is 4.75. The Morgan fingerprint density at radius 3 is 2.94 bits per heavy atom. The maximum absolute atomic E-state index is 11.8. The van der Waals surface area contributed by atoms with Crippen molar-refractivity contribution in [2.24, 2.45) is 0 Å². The van der Waals surface area contributed by atoms with Crippen molar-refractivity contribution in [1.82, 2.24) is 30.0 Å². The molecule has 2 aromatic heterocycles. The molecule has 0 saturated carbocycles. The maximum atomic E-state index is 11.8. The highest BCUT2D eigenvalue weighted by atomic mass is 79.9. The molecule has 0 fully saturated rings. The molecule has 0 N–H and O–H groups in total. The van der Waals surface area contributed by atoms with E-state index in [1.54, 1.807) is 0 Å². The molecular formula is C8H9BrN6O. The topological polar surface area (TPSA) is 78.5 Å². The Bertz CT molecular complexity index is 491. The monoisotopic (exact) mass is 284 g/mol. The summed E-state index contributed by atoms with van der Waals surface area (Å²) in [6.07, 6.45) is 4.59. The van der Waals surface area contributed by atoms with E-state index in [0.29, 0.717) is 4.60 Å². The lowest BCUT2D eigenvalue weighted by Crippen LogP contribution is -2.21. The largest absolute Gasteiger partial charge is 0.373 e. The smallest absolute Gasteiger partial charge is 0.243 e. The van der Waals surface area contributed by atoms with Crippen LogP contribution < -0.4 is 0 Å². The molecule has 0 aliphatic heterocycles. The SMILES string of the molecule is CCCc1nnn(C(=O)n2ccnn2)c1Br. The van der Waals surface area contributed by atoms with Crippen LogP contribution in [-0.4, -0.2) is 36.0 Å². The molecule has 0 bridgehead atoms. The zero-order valence-electron chi connectivity index (χ0n) is 8.54. The van der Waals surface area contributed by atoms with E-state index in [1.165, 1.54) is 12.4 Å². The standard InChI is InChI=1S/C8H9BrN6O/c1-2-3-6-7(9)15(13-11-6)8(16)14-5-4-10-12-14/h4-5H,2-3H2,1H3. The minimum absolute atomic E-state index is 0.417. The van der Waals surface area contributed by atoms with E-state index >= 15 is 0 Å². The van der Waals surface area contributed by atoms with Gasteiger partial charge in [0.15, 0.2) is 0 Å². The minimum atomic E-state index is -0.417. The Kier molecular flexibility index (Phi) is 3.09. The summed E-state index contributed by atoms with van der Waals surface area (Å²) < 4.78 is 2.81. The molecule has 7 nitrogen and oxygen atoms in total. The molecule has 2 heterocycles.